The standard InChI is InChI=1S/C14H25F3N2O/c1-18-9-13(5-2-8-20-11-13)10-19-6-3-12(4-7-19)14(15,16)17/h12,18H,2-11H2,1H3. The van der Waals surface area contributed by atoms with Crippen LogP contribution in [0.25, 0.3) is 0 Å². The van der Waals surface area contributed by atoms with Crippen LogP contribution in [0.15, 0.2) is 0 Å². The highest BCUT2D eigenvalue weighted by Crippen LogP contribution is 2.36. The first-order valence-corrected chi connectivity index (χ1v) is 7.47. The van der Waals surface area contributed by atoms with Crippen molar-refractivity contribution in [2.75, 3.05) is 46.4 Å². The zero-order valence-corrected chi connectivity index (χ0v) is 12.1. The van der Waals surface area contributed by atoms with Crippen LogP contribution in [0.1, 0.15) is 25.7 Å². The quantitative estimate of drug-likeness (QED) is 0.861. The van der Waals surface area contributed by atoms with Crippen molar-refractivity contribution in [3.05, 3.63) is 0 Å². The van der Waals surface area contributed by atoms with Crippen molar-refractivity contribution in [1.82, 2.24) is 10.2 Å². The number of likely N-dealkylation sites (tertiary alicyclic amines) is 1. The summed E-state index contributed by atoms with van der Waals surface area (Å²) < 4.78 is 43.6. The molecule has 0 saturated carbocycles. The molecule has 1 unspecified atom stereocenters. The van der Waals surface area contributed by atoms with Crippen molar-refractivity contribution < 1.29 is 17.9 Å². The van der Waals surface area contributed by atoms with Crippen LogP contribution in [0.5, 0.6) is 0 Å². The number of hydrogen-bond acceptors (Lipinski definition) is 3. The molecule has 2 heterocycles. The maximum Gasteiger partial charge on any atom is 0.391 e. The number of nitrogens with one attached hydrogen (secondary N) is 1. The second kappa shape index (κ2) is 6.62. The smallest absolute Gasteiger partial charge is 0.381 e. The second-order valence-electron chi connectivity index (χ2n) is 6.28. The first-order valence-electron chi connectivity index (χ1n) is 7.47. The first-order chi connectivity index (χ1) is 9.45. The molecule has 1 atom stereocenters. The van der Waals surface area contributed by atoms with Crippen molar-refractivity contribution in [2.24, 2.45) is 11.3 Å². The summed E-state index contributed by atoms with van der Waals surface area (Å²) in [4.78, 5) is 2.19. The zero-order valence-electron chi connectivity index (χ0n) is 12.1. The largest absolute Gasteiger partial charge is 0.391 e. The van der Waals surface area contributed by atoms with Crippen molar-refractivity contribution in [1.29, 1.82) is 0 Å². The van der Waals surface area contributed by atoms with E-state index in [1.54, 1.807) is 0 Å². The fourth-order valence-corrected chi connectivity index (χ4v) is 3.50. The van der Waals surface area contributed by atoms with Crippen LogP contribution < -0.4 is 5.32 Å². The minimum absolute atomic E-state index is 0.0675. The van der Waals surface area contributed by atoms with Gasteiger partial charge in [0.25, 0.3) is 0 Å². The van der Waals surface area contributed by atoms with Crippen molar-refractivity contribution in [3.8, 4) is 0 Å². The topological polar surface area (TPSA) is 24.5 Å². The summed E-state index contributed by atoms with van der Waals surface area (Å²) in [7, 11) is 1.92. The van der Waals surface area contributed by atoms with Crippen LogP contribution in [-0.2, 0) is 4.74 Å². The molecule has 2 fully saturated rings. The molecule has 2 aliphatic heterocycles. The van der Waals surface area contributed by atoms with E-state index in [1.165, 1.54) is 0 Å². The van der Waals surface area contributed by atoms with Gasteiger partial charge in [-0.1, -0.05) is 0 Å². The minimum atomic E-state index is -4.03. The molecule has 0 aromatic heterocycles. The lowest BCUT2D eigenvalue weighted by molar-refractivity contribution is -0.186. The summed E-state index contributed by atoms with van der Waals surface area (Å²) in [6.07, 6.45) is -1.42. The highest BCUT2D eigenvalue weighted by molar-refractivity contribution is 4.89. The van der Waals surface area contributed by atoms with Crippen LogP contribution in [0.3, 0.4) is 0 Å². The van der Waals surface area contributed by atoms with Crippen LogP contribution in [0.2, 0.25) is 0 Å². The molecule has 0 aliphatic carbocycles. The van der Waals surface area contributed by atoms with Gasteiger partial charge in [0, 0.05) is 25.1 Å². The molecule has 2 rings (SSSR count). The highest BCUT2D eigenvalue weighted by Gasteiger charge is 2.42. The molecule has 0 bridgehead atoms. The second-order valence-corrected chi connectivity index (χ2v) is 6.28. The number of piperidine rings is 1. The lowest BCUT2D eigenvalue weighted by atomic mass is 9.81. The van der Waals surface area contributed by atoms with Crippen molar-refractivity contribution >= 4 is 0 Å². The summed E-state index contributed by atoms with van der Waals surface area (Å²) in [5.74, 6) is -1.11. The lowest BCUT2D eigenvalue weighted by Crippen LogP contribution is -2.50. The maximum absolute atomic E-state index is 12.7. The SMILES string of the molecule is CNCC1(CN2CCC(C(F)(F)F)CC2)CCCOC1. The Morgan fingerprint density at radius 1 is 1.30 bits per heavy atom. The number of halogens is 3. The van der Waals surface area contributed by atoms with Gasteiger partial charge in [-0.25, -0.2) is 0 Å². The van der Waals surface area contributed by atoms with Crippen molar-refractivity contribution in [3.63, 3.8) is 0 Å². The molecular formula is C14H25F3N2O. The van der Waals surface area contributed by atoms with Crippen LogP contribution in [0, 0.1) is 11.3 Å². The Morgan fingerprint density at radius 3 is 2.50 bits per heavy atom. The highest BCUT2D eigenvalue weighted by atomic mass is 19.4. The molecule has 2 saturated heterocycles. The molecule has 2 aliphatic rings. The number of nitrogens with zero attached hydrogens (tertiary/aromatic N) is 1. The van der Waals surface area contributed by atoms with E-state index in [1.807, 2.05) is 7.05 Å². The van der Waals surface area contributed by atoms with Crippen molar-refractivity contribution in [2.45, 2.75) is 31.9 Å². The minimum Gasteiger partial charge on any atom is -0.381 e. The lowest BCUT2D eigenvalue weighted by Gasteiger charge is -2.43. The van der Waals surface area contributed by atoms with Crippen LogP contribution >= 0.6 is 0 Å². The molecule has 20 heavy (non-hydrogen) atoms. The summed E-state index contributed by atoms with van der Waals surface area (Å²) in [5, 5.41) is 3.21. The van der Waals surface area contributed by atoms with E-state index in [2.05, 4.69) is 10.2 Å². The predicted octanol–water partition coefficient (Wildman–Crippen LogP) is 2.28. The Kier molecular flexibility index (Phi) is 5.31. The van der Waals surface area contributed by atoms with E-state index < -0.39 is 12.1 Å². The molecule has 0 aromatic rings. The Morgan fingerprint density at radius 2 is 2.00 bits per heavy atom. The molecule has 0 amide bonds. The van der Waals surface area contributed by atoms with E-state index in [0.29, 0.717) is 19.7 Å². The molecule has 118 valence electrons. The summed E-state index contributed by atoms with van der Waals surface area (Å²) in [6.45, 7) is 4.34. The number of hydrogen-bond donors (Lipinski definition) is 1. The Balaban J connectivity index is 1.86. The third kappa shape index (κ3) is 4.09. The maximum atomic E-state index is 12.7. The molecule has 0 aromatic carbocycles. The van der Waals surface area contributed by atoms with E-state index in [-0.39, 0.29) is 18.3 Å². The Labute approximate surface area is 118 Å². The number of ether oxygens (including phenoxy) is 1. The number of rotatable bonds is 4. The monoisotopic (exact) mass is 294 g/mol. The predicted molar refractivity (Wildman–Crippen MR) is 71.6 cm³/mol. The average molecular weight is 294 g/mol. The third-order valence-electron chi connectivity index (χ3n) is 4.57. The summed E-state index contributed by atoms with van der Waals surface area (Å²) in [5.41, 5.74) is 0.0675. The van der Waals surface area contributed by atoms with Crippen LogP contribution in [-0.4, -0.2) is 57.5 Å². The van der Waals surface area contributed by atoms with Gasteiger partial charge in [0.05, 0.1) is 12.5 Å². The normalized spacial score (nSPS) is 30.6. The van der Waals surface area contributed by atoms with Crippen LogP contribution in [0.4, 0.5) is 13.2 Å². The van der Waals surface area contributed by atoms with Gasteiger partial charge in [-0.3, -0.25) is 0 Å². The zero-order chi connectivity index (χ0) is 14.6. The molecular weight excluding hydrogens is 269 g/mol. The summed E-state index contributed by atoms with van der Waals surface area (Å²) in [6, 6.07) is 0. The van der Waals surface area contributed by atoms with Gasteiger partial charge in [0.2, 0.25) is 0 Å². The Hall–Kier alpha value is -0.330. The molecule has 1 N–H and O–H groups in total. The third-order valence-corrected chi connectivity index (χ3v) is 4.57. The molecule has 0 spiro atoms. The van der Waals surface area contributed by atoms with Gasteiger partial charge in [-0.05, 0) is 45.8 Å². The number of alkyl halides is 3. The van der Waals surface area contributed by atoms with Gasteiger partial charge in [-0.2, -0.15) is 13.2 Å². The molecule has 0 radical (unpaired) electrons. The fraction of sp³-hybridized carbons (Fsp3) is 1.00. The van der Waals surface area contributed by atoms with E-state index in [4.69, 9.17) is 4.74 Å². The van der Waals surface area contributed by atoms with Gasteiger partial charge >= 0.3 is 6.18 Å². The fourth-order valence-electron chi connectivity index (χ4n) is 3.50. The van der Waals surface area contributed by atoms with Gasteiger partial charge in [-0.15, -0.1) is 0 Å². The van der Waals surface area contributed by atoms with E-state index >= 15 is 0 Å². The van der Waals surface area contributed by atoms with Gasteiger partial charge in [0.1, 0.15) is 0 Å². The molecule has 3 nitrogen and oxygen atoms in total. The molecule has 6 heteroatoms. The van der Waals surface area contributed by atoms with E-state index in [0.717, 1.165) is 32.5 Å². The summed E-state index contributed by atoms with van der Waals surface area (Å²) >= 11 is 0. The first kappa shape index (κ1) is 16.0. The average Bonchev–Trinajstić information content (AvgIpc) is 2.39. The van der Waals surface area contributed by atoms with Gasteiger partial charge < -0.3 is 15.0 Å². The Bertz CT molecular complexity index is 290. The van der Waals surface area contributed by atoms with E-state index in [9.17, 15) is 13.2 Å². The van der Waals surface area contributed by atoms with Gasteiger partial charge in [0.15, 0.2) is 0 Å².